The van der Waals surface area contributed by atoms with Crippen molar-refractivity contribution in [3.05, 3.63) is 35.4 Å². The molecule has 17 heteroatoms. The van der Waals surface area contributed by atoms with Crippen LogP contribution in [0.4, 0.5) is 11.4 Å². The Balaban J connectivity index is 1.47. The standard InChI is InChI=1S/C34H36N2O14S/c1-17(37)47-27-13-21-11-25(33(43)45-5)35(23(21)15-29(27)49-19(3)39)31(41)7-9-51-10-8-32(42)36-24-16-30(50-20(4)40)28(48-18(2)38)14-22(24)12-26(36)34(44)46-6/h13-16,25-26H,7-12H2,1-6H3/t25-,26-/m0/s1. The fraction of sp³-hybridized carbons (Fsp3) is 0.412. The zero-order valence-corrected chi connectivity index (χ0v) is 29.5. The second kappa shape index (κ2) is 16.5. The van der Waals surface area contributed by atoms with Gasteiger partial charge < -0.3 is 28.4 Å². The number of hydrogen-bond acceptors (Lipinski definition) is 15. The van der Waals surface area contributed by atoms with Crippen LogP contribution in [-0.4, -0.2) is 85.4 Å². The highest BCUT2D eigenvalue weighted by molar-refractivity contribution is 7.99. The van der Waals surface area contributed by atoms with Crippen molar-refractivity contribution >= 4 is 70.8 Å². The predicted octanol–water partition coefficient (Wildman–Crippen LogP) is 2.46. The number of benzene rings is 2. The number of methoxy groups -OCH3 is 2. The first kappa shape index (κ1) is 38.4. The largest absolute Gasteiger partial charge is 0.467 e. The number of ether oxygens (including phenoxy) is 6. The number of thioether (sulfide) groups is 1. The maximum absolute atomic E-state index is 13.6. The maximum Gasteiger partial charge on any atom is 0.329 e. The fourth-order valence-corrected chi connectivity index (χ4v) is 6.60. The van der Waals surface area contributed by atoms with Gasteiger partial charge in [0, 0.05) is 77.0 Å². The molecule has 16 nitrogen and oxygen atoms in total. The predicted molar refractivity (Wildman–Crippen MR) is 179 cm³/mol. The fourth-order valence-electron chi connectivity index (χ4n) is 5.76. The second-order valence-corrected chi connectivity index (χ2v) is 12.6. The number of rotatable bonds is 12. The van der Waals surface area contributed by atoms with Crippen LogP contribution < -0.4 is 28.7 Å². The average molecular weight is 729 g/mol. The van der Waals surface area contributed by atoms with Crippen LogP contribution in [0.2, 0.25) is 0 Å². The molecule has 2 aliphatic rings. The third kappa shape index (κ3) is 9.02. The molecule has 0 radical (unpaired) electrons. The summed E-state index contributed by atoms with van der Waals surface area (Å²) < 4.78 is 30.7. The van der Waals surface area contributed by atoms with Gasteiger partial charge in [-0.15, -0.1) is 0 Å². The topological polar surface area (TPSA) is 198 Å². The van der Waals surface area contributed by atoms with Crippen molar-refractivity contribution in [2.45, 2.75) is 65.5 Å². The van der Waals surface area contributed by atoms with E-state index < -0.39 is 59.7 Å². The highest BCUT2D eigenvalue weighted by Gasteiger charge is 2.41. The van der Waals surface area contributed by atoms with E-state index in [1.165, 1.54) is 73.9 Å². The number of carbonyl (C=O) groups is 8. The van der Waals surface area contributed by atoms with Gasteiger partial charge in [-0.3, -0.25) is 38.6 Å². The molecule has 0 aromatic heterocycles. The normalized spacial score (nSPS) is 15.6. The van der Waals surface area contributed by atoms with Crippen molar-refractivity contribution in [2.24, 2.45) is 0 Å². The van der Waals surface area contributed by atoms with Crippen LogP contribution in [0.15, 0.2) is 24.3 Å². The number of hydrogen-bond donors (Lipinski definition) is 0. The molecule has 0 saturated heterocycles. The summed E-state index contributed by atoms with van der Waals surface area (Å²) in [5, 5.41) is 0. The van der Waals surface area contributed by atoms with Gasteiger partial charge in [0.2, 0.25) is 11.8 Å². The molecular formula is C34H36N2O14S. The van der Waals surface area contributed by atoms with Gasteiger partial charge in [-0.05, 0) is 23.3 Å². The van der Waals surface area contributed by atoms with E-state index in [1.807, 2.05) is 0 Å². The number of anilines is 2. The molecule has 0 aliphatic carbocycles. The van der Waals surface area contributed by atoms with Crippen molar-refractivity contribution in [1.29, 1.82) is 0 Å². The molecule has 0 fully saturated rings. The first-order chi connectivity index (χ1) is 24.1. The third-order valence-electron chi connectivity index (χ3n) is 7.68. The summed E-state index contributed by atoms with van der Waals surface area (Å²) in [6.07, 6.45) is 0.0131. The zero-order valence-electron chi connectivity index (χ0n) is 28.7. The van der Waals surface area contributed by atoms with Gasteiger partial charge in [0.1, 0.15) is 12.1 Å². The summed E-state index contributed by atoms with van der Waals surface area (Å²) in [6.45, 7) is 4.67. The Labute approximate surface area is 296 Å². The molecule has 272 valence electrons. The van der Waals surface area contributed by atoms with E-state index >= 15 is 0 Å². The molecule has 0 N–H and O–H groups in total. The van der Waals surface area contributed by atoms with Crippen LogP contribution in [0.5, 0.6) is 23.0 Å². The molecule has 2 atom stereocenters. The van der Waals surface area contributed by atoms with E-state index in [9.17, 15) is 38.4 Å². The van der Waals surface area contributed by atoms with E-state index in [0.717, 1.165) is 13.8 Å². The zero-order chi connectivity index (χ0) is 37.6. The lowest BCUT2D eigenvalue weighted by atomic mass is 10.1. The van der Waals surface area contributed by atoms with E-state index in [0.29, 0.717) is 11.1 Å². The number of nitrogens with zero attached hydrogens (tertiary/aromatic N) is 2. The molecule has 51 heavy (non-hydrogen) atoms. The van der Waals surface area contributed by atoms with Crippen LogP contribution in [0.1, 0.15) is 51.7 Å². The molecule has 0 spiro atoms. The highest BCUT2D eigenvalue weighted by Crippen LogP contribution is 2.43. The first-order valence-electron chi connectivity index (χ1n) is 15.6. The van der Waals surface area contributed by atoms with Crippen molar-refractivity contribution in [2.75, 3.05) is 35.5 Å². The van der Waals surface area contributed by atoms with E-state index in [1.54, 1.807) is 0 Å². The smallest absolute Gasteiger partial charge is 0.329 e. The minimum atomic E-state index is -1.02. The first-order valence-corrected chi connectivity index (χ1v) is 16.8. The van der Waals surface area contributed by atoms with Gasteiger partial charge in [-0.25, -0.2) is 9.59 Å². The summed E-state index contributed by atoms with van der Waals surface area (Å²) in [5.74, 6) is -4.77. The van der Waals surface area contributed by atoms with Crippen LogP contribution in [-0.2, 0) is 60.7 Å². The number of esters is 6. The lowest BCUT2D eigenvalue weighted by molar-refractivity contribution is -0.143. The Kier molecular flexibility index (Phi) is 12.4. The van der Waals surface area contributed by atoms with Gasteiger partial charge in [0.15, 0.2) is 23.0 Å². The molecule has 2 heterocycles. The highest BCUT2D eigenvalue weighted by atomic mass is 32.2. The van der Waals surface area contributed by atoms with Gasteiger partial charge in [0.05, 0.1) is 25.6 Å². The molecule has 2 aromatic rings. The van der Waals surface area contributed by atoms with Crippen LogP contribution in [0.3, 0.4) is 0 Å². The lowest BCUT2D eigenvalue weighted by Crippen LogP contribution is -2.44. The maximum atomic E-state index is 13.6. The SMILES string of the molecule is COC(=O)[C@@H]1Cc2cc(OC(C)=O)c(OC(C)=O)cc2N1C(=O)CCSCCC(=O)N1c2cc(OC(C)=O)c(OC(C)=O)cc2C[C@H]1C(=O)OC. The average Bonchev–Trinajstić information content (AvgIpc) is 3.61. The van der Waals surface area contributed by atoms with Gasteiger partial charge in [-0.1, -0.05) is 0 Å². The van der Waals surface area contributed by atoms with Crippen molar-refractivity contribution in [1.82, 2.24) is 0 Å². The van der Waals surface area contributed by atoms with Gasteiger partial charge >= 0.3 is 35.8 Å². The van der Waals surface area contributed by atoms with E-state index in [-0.39, 0.29) is 71.6 Å². The second-order valence-electron chi connectivity index (χ2n) is 11.4. The Bertz CT molecular complexity index is 1660. The molecule has 0 saturated carbocycles. The van der Waals surface area contributed by atoms with Gasteiger partial charge in [-0.2, -0.15) is 11.8 Å². The van der Waals surface area contributed by atoms with E-state index in [2.05, 4.69) is 0 Å². The van der Waals surface area contributed by atoms with Crippen molar-refractivity contribution in [3.8, 4) is 23.0 Å². The molecular weight excluding hydrogens is 692 g/mol. The molecule has 0 bridgehead atoms. The lowest BCUT2D eigenvalue weighted by Gasteiger charge is -2.25. The Morgan fingerprint density at radius 1 is 0.569 bits per heavy atom. The molecule has 2 aliphatic heterocycles. The van der Waals surface area contributed by atoms with Crippen LogP contribution >= 0.6 is 11.8 Å². The van der Waals surface area contributed by atoms with Crippen LogP contribution in [0.25, 0.3) is 0 Å². The van der Waals surface area contributed by atoms with Crippen molar-refractivity contribution in [3.63, 3.8) is 0 Å². The Morgan fingerprint density at radius 2 is 0.882 bits per heavy atom. The molecule has 2 aromatic carbocycles. The Hall–Kier alpha value is -5.45. The summed E-state index contributed by atoms with van der Waals surface area (Å²) in [7, 11) is 2.38. The summed E-state index contributed by atoms with van der Waals surface area (Å²) in [6, 6.07) is 3.53. The summed E-state index contributed by atoms with van der Waals surface area (Å²) in [4.78, 5) is 102. The number of fused-ring (bicyclic) bond motifs is 2. The quantitative estimate of drug-likeness (QED) is 0.175. The van der Waals surface area contributed by atoms with Crippen molar-refractivity contribution < 1.29 is 66.8 Å². The Morgan fingerprint density at radius 3 is 1.18 bits per heavy atom. The third-order valence-corrected chi connectivity index (χ3v) is 8.66. The van der Waals surface area contributed by atoms with Gasteiger partial charge in [0.25, 0.3) is 0 Å². The number of amides is 2. The van der Waals surface area contributed by atoms with Crippen LogP contribution in [0, 0.1) is 0 Å². The number of carbonyl (C=O) groups excluding carboxylic acids is 8. The monoisotopic (exact) mass is 728 g/mol. The summed E-state index contributed by atoms with van der Waals surface area (Å²) >= 11 is 1.28. The minimum Gasteiger partial charge on any atom is -0.467 e. The molecule has 2 amide bonds. The minimum absolute atomic E-state index is 0.0444. The van der Waals surface area contributed by atoms with E-state index in [4.69, 9.17) is 28.4 Å². The molecule has 4 rings (SSSR count). The summed E-state index contributed by atoms with van der Waals surface area (Å²) in [5.41, 5.74) is 1.56. The molecule has 0 unspecified atom stereocenters.